The molecular formula is C20H20ClN3O5S. The molecule has 30 heavy (non-hydrogen) atoms. The lowest BCUT2D eigenvalue weighted by Gasteiger charge is -2.35. The zero-order valence-corrected chi connectivity index (χ0v) is 17.8. The van der Waals surface area contributed by atoms with E-state index in [1.807, 2.05) is 18.2 Å². The van der Waals surface area contributed by atoms with Crippen LogP contribution in [-0.4, -0.2) is 58.6 Å². The summed E-state index contributed by atoms with van der Waals surface area (Å²) in [5.41, 5.74) is 0.960. The molecule has 1 aliphatic rings. The lowest BCUT2D eigenvalue weighted by Crippen LogP contribution is -2.48. The van der Waals surface area contributed by atoms with Gasteiger partial charge in [-0.1, -0.05) is 17.7 Å². The minimum Gasteiger partial charge on any atom is -0.495 e. The van der Waals surface area contributed by atoms with E-state index in [-0.39, 0.29) is 29.3 Å². The second-order valence-corrected chi connectivity index (χ2v) is 8.81. The number of halogens is 1. The molecule has 10 heteroatoms. The second-order valence-electron chi connectivity index (χ2n) is 6.47. The number of hydrogen-bond donors (Lipinski definition) is 0. The first-order chi connectivity index (χ1) is 14.4. The van der Waals surface area contributed by atoms with Crippen LogP contribution in [0.5, 0.6) is 5.75 Å². The number of rotatable bonds is 6. The minimum atomic E-state index is -3.91. The number of sulfonamides is 1. The number of nitriles is 1. The van der Waals surface area contributed by atoms with Crippen LogP contribution < -0.4 is 9.64 Å². The van der Waals surface area contributed by atoms with Crippen LogP contribution >= 0.6 is 11.6 Å². The van der Waals surface area contributed by atoms with Crippen LogP contribution in [0.4, 0.5) is 5.69 Å². The lowest BCUT2D eigenvalue weighted by molar-refractivity contribution is 0.0554. The summed E-state index contributed by atoms with van der Waals surface area (Å²) in [7, 11) is -2.55. The van der Waals surface area contributed by atoms with Crippen molar-refractivity contribution in [3.05, 3.63) is 53.1 Å². The Morgan fingerprint density at radius 3 is 2.53 bits per heavy atom. The Balaban J connectivity index is 1.81. The molecule has 0 aromatic heterocycles. The number of methoxy groups -OCH3 is 1. The summed E-state index contributed by atoms with van der Waals surface area (Å²) in [6.07, 6.45) is 0. The van der Waals surface area contributed by atoms with Gasteiger partial charge in [0.1, 0.15) is 16.7 Å². The van der Waals surface area contributed by atoms with Gasteiger partial charge in [-0.25, -0.2) is 13.2 Å². The van der Waals surface area contributed by atoms with E-state index in [2.05, 4.69) is 4.90 Å². The first-order valence-electron chi connectivity index (χ1n) is 9.09. The number of esters is 1. The zero-order valence-electron chi connectivity index (χ0n) is 16.2. The van der Waals surface area contributed by atoms with Gasteiger partial charge in [0.15, 0.2) is 6.61 Å². The van der Waals surface area contributed by atoms with Gasteiger partial charge in [-0.05, 0) is 36.4 Å². The summed E-state index contributed by atoms with van der Waals surface area (Å²) >= 11 is 6.05. The average Bonchev–Trinajstić information content (AvgIpc) is 2.77. The van der Waals surface area contributed by atoms with Gasteiger partial charge in [0.25, 0.3) is 0 Å². The van der Waals surface area contributed by atoms with E-state index in [1.165, 1.54) is 29.6 Å². The third kappa shape index (κ3) is 4.67. The zero-order chi connectivity index (χ0) is 21.7. The number of benzene rings is 2. The summed E-state index contributed by atoms with van der Waals surface area (Å²) in [5.74, 6) is -0.648. The van der Waals surface area contributed by atoms with Gasteiger partial charge in [-0.15, -0.1) is 0 Å². The fourth-order valence-corrected chi connectivity index (χ4v) is 4.97. The van der Waals surface area contributed by atoms with Crippen LogP contribution in [0.1, 0.15) is 10.4 Å². The van der Waals surface area contributed by atoms with Gasteiger partial charge in [0.05, 0.1) is 12.7 Å². The average molecular weight is 450 g/mol. The minimum absolute atomic E-state index is 0.0298. The Kier molecular flexibility index (Phi) is 6.82. The number of ether oxygens (including phenoxy) is 2. The number of anilines is 1. The number of nitrogens with zero attached hydrogens (tertiary/aromatic N) is 3. The Hall–Kier alpha value is -2.80. The number of carbonyl (C=O) groups is 1. The molecule has 0 amide bonds. The van der Waals surface area contributed by atoms with Crippen molar-refractivity contribution < 1.29 is 22.7 Å². The van der Waals surface area contributed by atoms with Gasteiger partial charge in [-0.3, -0.25) is 0 Å². The highest BCUT2D eigenvalue weighted by molar-refractivity contribution is 7.89. The van der Waals surface area contributed by atoms with Crippen molar-refractivity contribution >= 4 is 33.3 Å². The van der Waals surface area contributed by atoms with E-state index in [0.29, 0.717) is 18.1 Å². The summed E-state index contributed by atoms with van der Waals surface area (Å²) < 4.78 is 37.8. The monoisotopic (exact) mass is 449 g/mol. The lowest BCUT2D eigenvalue weighted by atomic mass is 10.2. The molecule has 0 aliphatic carbocycles. The maximum Gasteiger partial charge on any atom is 0.339 e. The topological polar surface area (TPSA) is 99.9 Å². The number of hydrogen-bond acceptors (Lipinski definition) is 7. The van der Waals surface area contributed by atoms with Crippen LogP contribution in [-0.2, 0) is 14.8 Å². The van der Waals surface area contributed by atoms with Crippen molar-refractivity contribution in [2.45, 2.75) is 4.90 Å². The highest BCUT2D eigenvalue weighted by atomic mass is 35.5. The van der Waals surface area contributed by atoms with Crippen molar-refractivity contribution in [2.75, 3.05) is 44.8 Å². The van der Waals surface area contributed by atoms with Crippen LogP contribution in [0.2, 0.25) is 5.02 Å². The molecule has 0 radical (unpaired) electrons. The van der Waals surface area contributed by atoms with Gasteiger partial charge in [0.2, 0.25) is 10.0 Å². The maximum absolute atomic E-state index is 13.3. The Bertz CT molecular complexity index is 1080. The number of carbonyl (C=O) groups excluding carboxylic acids is 1. The van der Waals surface area contributed by atoms with Crippen molar-refractivity contribution in [3.8, 4) is 11.8 Å². The molecule has 8 nitrogen and oxygen atoms in total. The first-order valence-corrected chi connectivity index (χ1v) is 10.9. The third-order valence-electron chi connectivity index (χ3n) is 4.70. The van der Waals surface area contributed by atoms with E-state index >= 15 is 0 Å². The predicted molar refractivity (Wildman–Crippen MR) is 111 cm³/mol. The molecule has 0 bridgehead atoms. The van der Waals surface area contributed by atoms with E-state index in [0.717, 1.165) is 5.69 Å². The van der Waals surface area contributed by atoms with Crippen LogP contribution in [0.25, 0.3) is 0 Å². The highest BCUT2D eigenvalue weighted by Gasteiger charge is 2.32. The Labute approximate surface area is 180 Å². The normalized spacial score (nSPS) is 14.8. The smallest absolute Gasteiger partial charge is 0.339 e. The van der Waals surface area contributed by atoms with Gasteiger partial charge in [0, 0.05) is 36.9 Å². The second kappa shape index (κ2) is 9.34. The maximum atomic E-state index is 13.3. The molecular weight excluding hydrogens is 430 g/mol. The molecule has 2 aromatic rings. The van der Waals surface area contributed by atoms with Crippen molar-refractivity contribution in [1.82, 2.24) is 4.31 Å². The summed E-state index contributed by atoms with van der Waals surface area (Å²) in [5, 5.41) is 9.17. The molecule has 0 spiro atoms. The molecule has 0 N–H and O–H groups in total. The molecule has 2 aromatic carbocycles. The summed E-state index contributed by atoms with van der Waals surface area (Å²) in [4.78, 5) is 14.0. The van der Waals surface area contributed by atoms with E-state index < -0.39 is 22.6 Å². The third-order valence-corrected chi connectivity index (χ3v) is 6.85. The predicted octanol–water partition coefficient (Wildman–Crippen LogP) is 2.54. The molecule has 0 atom stereocenters. The van der Waals surface area contributed by atoms with Crippen molar-refractivity contribution in [3.63, 3.8) is 0 Å². The van der Waals surface area contributed by atoms with Crippen LogP contribution in [0.15, 0.2) is 47.4 Å². The molecule has 158 valence electrons. The van der Waals surface area contributed by atoms with E-state index in [9.17, 15) is 13.2 Å². The first kappa shape index (κ1) is 21.9. The van der Waals surface area contributed by atoms with Crippen molar-refractivity contribution in [1.29, 1.82) is 5.26 Å². The summed E-state index contributed by atoms with van der Waals surface area (Å²) in [6, 6.07) is 13.1. The Morgan fingerprint density at radius 1 is 1.17 bits per heavy atom. The standard InChI is InChI=1S/C20H20ClN3O5S/c1-28-18-6-5-15(20(25)29-12-7-22)13-19(18)30(26,27)24-10-8-23(9-11-24)17-4-2-3-16(21)14-17/h2-6,13-14H,8-12H2,1H3. The highest BCUT2D eigenvalue weighted by Crippen LogP contribution is 2.30. The van der Waals surface area contributed by atoms with Crippen molar-refractivity contribution in [2.24, 2.45) is 0 Å². The van der Waals surface area contributed by atoms with Gasteiger partial charge in [-0.2, -0.15) is 9.57 Å². The molecule has 0 saturated carbocycles. The van der Waals surface area contributed by atoms with E-state index in [1.54, 1.807) is 12.1 Å². The molecule has 1 aliphatic heterocycles. The molecule has 1 saturated heterocycles. The van der Waals surface area contributed by atoms with Gasteiger partial charge < -0.3 is 14.4 Å². The number of piperazine rings is 1. The van der Waals surface area contributed by atoms with Gasteiger partial charge >= 0.3 is 5.97 Å². The molecule has 1 fully saturated rings. The molecule has 3 rings (SSSR count). The van der Waals surface area contributed by atoms with Crippen LogP contribution in [0, 0.1) is 11.3 Å². The summed E-state index contributed by atoms with van der Waals surface area (Å²) in [6.45, 7) is 1.10. The van der Waals surface area contributed by atoms with Crippen LogP contribution in [0.3, 0.4) is 0 Å². The SMILES string of the molecule is COc1ccc(C(=O)OCC#N)cc1S(=O)(=O)N1CCN(c2cccc(Cl)c2)CC1. The largest absolute Gasteiger partial charge is 0.495 e. The molecule has 1 heterocycles. The quantitative estimate of drug-likeness (QED) is 0.624. The molecule has 0 unspecified atom stereocenters. The Morgan fingerprint density at radius 2 is 1.90 bits per heavy atom. The fourth-order valence-electron chi connectivity index (χ4n) is 3.18. The van der Waals surface area contributed by atoms with E-state index in [4.69, 9.17) is 26.3 Å². The fraction of sp³-hybridized carbons (Fsp3) is 0.300.